The molecule has 1 saturated carbocycles. The molecule has 1 saturated heterocycles. The number of aliphatic carboxylic acids is 1. The SMILES string of the molecule is O=C(O)C1CC12CCN(C(=O)CCc1cc(F)ccc1Br)CC2. The van der Waals surface area contributed by atoms with E-state index in [2.05, 4.69) is 15.9 Å². The summed E-state index contributed by atoms with van der Waals surface area (Å²) in [6.45, 7) is 1.26. The Morgan fingerprint density at radius 1 is 1.35 bits per heavy atom. The number of amides is 1. The second kappa shape index (κ2) is 6.23. The van der Waals surface area contributed by atoms with Gasteiger partial charge in [-0.15, -0.1) is 0 Å². The number of carbonyl (C=O) groups excluding carboxylic acids is 1. The molecule has 6 heteroatoms. The summed E-state index contributed by atoms with van der Waals surface area (Å²) in [5.74, 6) is -1.17. The number of hydrogen-bond donors (Lipinski definition) is 1. The molecule has 1 N–H and O–H groups in total. The average molecular weight is 384 g/mol. The molecule has 1 spiro atoms. The number of hydrogen-bond acceptors (Lipinski definition) is 2. The van der Waals surface area contributed by atoms with Crippen LogP contribution in [-0.4, -0.2) is 35.0 Å². The van der Waals surface area contributed by atoms with Crippen molar-refractivity contribution >= 4 is 27.8 Å². The van der Waals surface area contributed by atoms with E-state index in [1.165, 1.54) is 12.1 Å². The quantitative estimate of drug-likeness (QED) is 0.867. The minimum Gasteiger partial charge on any atom is -0.481 e. The van der Waals surface area contributed by atoms with E-state index in [9.17, 15) is 14.0 Å². The minimum atomic E-state index is -0.708. The third-order valence-corrected chi connectivity index (χ3v) is 5.99. The monoisotopic (exact) mass is 383 g/mol. The Kier molecular flexibility index (Phi) is 4.45. The Morgan fingerprint density at radius 3 is 2.65 bits per heavy atom. The van der Waals surface area contributed by atoms with E-state index in [1.54, 1.807) is 6.07 Å². The summed E-state index contributed by atoms with van der Waals surface area (Å²) in [4.78, 5) is 25.2. The molecule has 1 atom stereocenters. The number of carboxylic acid groups (broad SMARTS) is 1. The van der Waals surface area contributed by atoms with Crippen molar-refractivity contribution in [2.24, 2.45) is 11.3 Å². The fraction of sp³-hybridized carbons (Fsp3) is 0.529. The highest BCUT2D eigenvalue weighted by Gasteiger charge is 2.59. The van der Waals surface area contributed by atoms with Gasteiger partial charge in [-0.05, 0) is 54.9 Å². The Hall–Kier alpha value is -1.43. The van der Waals surface area contributed by atoms with Crippen LogP contribution in [0.5, 0.6) is 0 Å². The third kappa shape index (κ3) is 3.42. The predicted molar refractivity (Wildman–Crippen MR) is 86.4 cm³/mol. The topological polar surface area (TPSA) is 57.6 Å². The van der Waals surface area contributed by atoms with Gasteiger partial charge < -0.3 is 10.0 Å². The van der Waals surface area contributed by atoms with Gasteiger partial charge in [0.05, 0.1) is 5.92 Å². The van der Waals surface area contributed by atoms with E-state index in [1.807, 2.05) is 4.90 Å². The molecule has 2 aliphatic rings. The number of carbonyl (C=O) groups is 2. The van der Waals surface area contributed by atoms with E-state index in [0.29, 0.717) is 25.9 Å². The maximum Gasteiger partial charge on any atom is 0.307 e. The number of benzene rings is 1. The molecule has 1 aliphatic carbocycles. The number of aryl methyl sites for hydroxylation is 1. The number of piperidine rings is 1. The highest BCUT2D eigenvalue weighted by molar-refractivity contribution is 9.10. The van der Waals surface area contributed by atoms with E-state index in [-0.39, 0.29) is 23.1 Å². The number of halogens is 2. The molecule has 1 aromatic rings. The molecule has 1 unspecified atom stereocenters. The van der Waals surface area contributed by atoms with Gasteiger partial charge in [-0.1, -0.05) is 15.9 Å². The van der Waals surface area contributed by atoms with Crippen LogP contribution in [0.4, 0.5) is 4.39 Å². The van der Waals surface area contributed by atoms with Gasteiger partial charge >= 0.3 is 5.97 Å². The summed E-state index contributed by atoms with van der Waals surface area (Å²) < 4.78 is 14.1. The van der Waals surface area contributed by atoms with Crippen molar-refractivity contribution in [1.82, 2.24) is 4.90 Å². The minimum absolute atomic E-state index is 0.0588. The number of rotatable bonds is 4. The van der Waals surface area contributed by atoms with Crippen LogP contribution < -0.4 is 0 Å². The van der Waals surface area contributed by atoms with Crippen molar-refractivity contribution in [3.63, 3.8) is 0 Å². The zero-order valence-corrected chi connectivity index (χ0v) is 14.3. The van der Waals surface area contributed by atoms with Crippen LogP contribution in [0.2, 0.25) is 0 Å². The lowest BCUT2D eigenvalue weighted by Gasteiger charge is -2.32. The van der Waals surface area contributed by atoms with Gasteiger partial charge in [0.25, 0.3) is 0 Å². The van der Waals surface area contributed by atoms with E-state index in [0.717, 1.165) is 29.3 Å². The first kappa shape index (κ1) is 16.4. The molecule has 1 aliphatic heterocycles. The summed E-state index contributed by atoms with van der Waals surface area (Å²) in [6, 6.07) is 4.48. The molecule has 0 radical (unpaired) electrons. The van der Waals surface area contributed by atoms with Crippen LogP contribution in [0, 0.1) is 17.2 Å². The van der Waals surface area contributed by atoms with Gasteiger partial charge in [0.15, 0.2) is 0 Å². The Bertz CT molecular complexity index is 641. The molecule has 0 aromatic heterocycles. The molecule has 0 bridgehead atoms. The van der Waals surface area contributed by atoms with Gasteiger partial charge in [0.2, 0.25) is 5.91 Å². The molecule has 2 fully saturated rings. The van der Waals surface area contributed by atoms with E-state index in [4.69, 9.17) is 5.11 Å². The van der Waals surface area contributed by atoms with Crippen LogP contribution in [0.15, 0.2) is 22.7 Å². The lowest BCUT2D eigenvalue weighted by molar-refractivity contribution is -0.139. The standard InChI is InChI=1S/C17H19BrFNO3/c18-14-3-2-12(19)9-11(14)1-4-15(21)20-7-5-17(6-8-20)10-13(17)16(22)23/h2-3,9,13H,1,4-8,10H2,(H,22,23). The molecular weight excluding hydrogens is 365 g/mol. The predicted octanol–water partition coefficient (Wildman–Crippen LogP) is 3.23. The Balaban J connectivity index is 1.50. The first-order chi connectivity index (χ1) is 10.9. The average Bonchev–Trinajstić information content (AvgIpc) is 3.22. The second-order valence-corrected chi connectivity index (χ2v) is 7.43. The molecule has 23 heavy (non-hydrogen) atoms. The highest BCUT2D eigenvalue weighted by atomic mass is 79.9. The summed E-state index contributed by atoms with van der Waals surface area (Å²) in [7, 11) is 0. The molecule has 124 valence electrons. The fourth-order valence-electron chi connectivity index (χ4n) is 3.59. The number of nitrogens with zero attached hydrogens (tertiary/aromatic N) is 1. The normalized spacial score (nSPS) is 22.2. The van der Waals surface area contributed by atoms with Gasteiger partial charge in [0, 0.05) is 24.0 Å². The zero-order valence-electron chi connectivity index (χ0n) is 12.7. The molecular formula is C17H19BrFNO3. The molecule has 1 aromatic carbocycles. The molecule has 4 nitrogen and oxygen atoms in total. The van der Waals surface area contributed by atoms with Crippen LogP contribution in [0.25, 0.3) is 0 Å². The summed E-state index contributed by atoms with van der Waals surface area (Å²) in [5.41, 5.74) is 0.730. The molecule has 3 rings (SSSR count). The van der Waals surface area contributed by atoms with E-state index >= 15 is 0 Å². The van der Waals surface area contributed by atoms with Gasteiger partial charge in [0.1, 0.15) is 5.82 Å². The fourth-order valence-corrected chi connectivity index (χ4v) is 4.03. The summed E-state index contributed by atoms with van der Waals surface area (Å²) in [5, 5.41) is 9.09. The first-order valence-electron chi connectivity index (χ1n) is 7.86. The lowest BCUT2D eigenvalue weighted by Crippen LogP contribution is -2.40. The van der Waals surface area contributed by atoms with Gasteiger partial charge in [-0.3, -0.25) is 9.59 Å². The van der Waals surface area contributed by atoms with Gasteiger partial charge in [-0.25, -0.2) is 4.39 Å². The van der Waals surface area contributed by atoms with Crippen LogP contribution >= 0.6 is 15.9 Å². The van der Waals surface area contributed by atoms with Crippen LogP contribution in [0.3, 0.4) is 0 Å². The van der Waals surface area contributed by atoms with Crippen LogP contribution in [-0.2, 0) is 16.0 Å². The van der Waals surface area contributed by atoms with Crippen molar-refractivity contribution in [1.29, 1.82) is 0 Å². The Labute approximate surface area is 142 Å². The molecule has 1 amide bonds. The lowest BCUT2D eigenvalue weighted by atomic mass is 9.90. The largest absolute Gasteiger partial charge is 0.481 e. The molecule has 1 heterocycles. The third-order valence-electron chi connectivity index (χ3n) is 5.22. The second-order valence-electron chi connectivity index (χ2n) is 6.57. The van der Waals surface area contributed by atoms with Crippen molar-refractivity contribution < 1.29 is 19.1 Å². The first-order valence-corrected chi connectivity index (χ1v) is 8.65. The number of likely N-dealkylation sites (tertiary alicyclic amines) is 1. The summed E-state index contributed by atoms with van der Waals surface area (Å²) in [6.07, 6.45) is 3.15. The summed E-state index contributed by atoms with van der Waals surface area (Å²) >= 11 is 3.37. The van der Waals surface area contributed by atoms with Gasteiger partial charge in [-0.2, -0.15) is 0 Å². The van der Waals surface area contributed by atoms with Crippen molar-refractivity contribution in [3.8, 4) is 0 Å². The van der Waals surface area contributed by atoms with Crippen molar-refractivity contribution in [3.05, 3.63) is 34.1 Å². The highest BCUT2D eigenvalue weighted by Crippen LogP contribution is 2.59. The zero-order chi connectivity index (χ0) is 16.6. The maximum absolute atomic E-state index is 13.3. The maximum atomic E-state index is 13.3. The number of carboxylic acids is 1. The Morgan fingerprint density at radius 2 is 2.04 bits per heavy atom. The van der Waals surface area contributed by atoms with Crippen LogP contribution in [0.1, 0.15) is 31.2 Å². The smallest absolute Gasteiger partial charge is 0.307 e. The van der Waals surface area contributed by atoms with E-state index < -0.39 is 5.97 Å². The van der Waals surface area contributed by atoms with Crippen molar-refractivity contribution in [2.75, 3.05) is 13.1 Å². The van der Waals surface area contributed by atoms with Crippen molar-refractivity contribution in [2.45, 2.75) is 32.1 Å².